The number of hydrogen-bond donors (Lipinski definition) is 0. The Morgan fingerprint density at radius 3 is 2.94 bits per heavy atom. The summed E-state index contributed by atoms with van der Waals surface area (Å²) in [7, 11) is 0. The zero-order valence-electron chi connectivity index (χ0n) is 10.5. The molecule has 1 aliphatic carbocycles. The van der Waals surface area contributed by atoms with Gasteiger partial charge in [0.25, 0.3) is 0 Å². The van der Waals surface area contributed by atoms with E-state index in [0.29, 0.717) is 6.42 Å². The maximum Gasteiger partial charge on any atom is 0.108 e. The Labute approximate surface area is 111 Å². The highest BCUT2D eigenvalue weighted by Crippen LogP contribution is 2.44. The van der Waals surface area contributed by atoms with Gasteiger partial charge in [-0.15, -0.1) is 11.3 Å². The molecule has 1 aliphatic rings. The normalized spacial score (nSPS) is 15.6. The quantitative estimate of drug-likeness (QED) is 0.778. The molecular weight excluding hydrogens is 240 g/mol. The van der Waals surface area contributed by atoms with Crippen LogP contribution in [-0.4, -0.2) is 4.98 Å². The van der Waals surface area contributed by atoms with E-state index in [4.69, 9.17) is 5.26 Å². The Kier molecular flexibility index (Phi) is 2.49. The average Bonchev–Trinajstić information content (AvgIpc) is 2.72. The molecule has 1 aromatic carbocycles. The molecule has 1 heterocycles. The molecule has 3 rings (SSSR count). The van der Waals surface area contributed by atoms with Gasteiger partial charge in [0.2, 0.25) is 0 Å². The van der Waals surface area contributed by atoms with Crippen molar-refractivity contribution in [2.75, 3.05) is 0 Å². The molecule has 0 spiro atoms. The van der Waals surface area contributed by atoms with Crippen LogP contribution in [0.15, 0.2) is 24.3 Å². The van der Waals surface area contributed by atoms with Crippen LogP contribution < -0.4 is 0 Å². The van der Waals surface area contributed by atoms with E-state index in [9.17, 15) is 0 Å². The second kappa shape index (κ2) is 3.93. The highest BCUT2D eigenvalue weighted by Gasteiger charge is 2.32. The van der Waals surface area contributed by atoms with Crippen LogP contribution in [0.4, 0.5) is 0 Å². The predicted molar refractivity (Wildman–Crippen MR) is 73.6 cm³/mol. The van der Waals surface area contributed by atoms with Crippen molar-refractivity contribution in [3.63, 3.8) is 0 Å². The second-order valence-electron chi connectivity index (χ2n) is 5.32. The smallest absolute Gasteiger partial charge is 0.108 e. The lowest BCUT2D eigenvalue weighted by atomic mass is 9.74. The average molecular weight is 254 g/mol. The van der Waals surface area contributed by atoms with Crippen molar-refractivity contribution in [1.29, 1.82) is 5.26 Å². The topological polar surface area (TPSA) is 36.7 Å². The highest BCUT2D eigenvalue weighted by atomic mass is 32.1. The number of nitrogens with zero attached hydrogens (tertiary/aromatic N) is 2. The first-order chi connectivity index (χ1) is 8.62. The van der Waals surface area contributed by atoms with Gasteiger partial charge in [-0.05, 0) is 17.4 Å². The molecule has 0 aliphatic heterocycles. The van der Waals surface area contributed by atoms with E-state index in [1.165, 1.54) is 16.0 Å². The molecule has 90 valence electrons. The van der Waals surface area contributed by atoms with Crippen LogP contribution in [-0.2, 0) is 18.3 Å². The van der Waals surface area contributed by atoms with Gasteiger partial charge in [0, 0.05) is 10.4 Å². The molecule has 1 aromatic heterocycles. The second-order valence-corrected chi connectivity index (χ2v) is 6.49. The lowest BCUT2D eigenvalue weighted by molar-refractivity contribution is 0.521. The number of hydrogen-bond acceptors (Lipinski definition) is 3. The monoisotopic (exact) mass is 254 g/mol. The molecular formula is C15H14N2S. The van der Waals surface area contributed by atoms with E-state index in [1.54, 1.807) is 11.3 Å². The molecule has 0 unspecified atom stereocenters. The van der Waals surface area contributed by atoms with E-state index in [-0.39, 0.29) is 5.41 Å². The molecule has 0 atom stereocenters. The fraction of sp³-hybridized carbons (Fsp3) is 0.333. The van der Waals surface area contributed by atoms with Gasteiger partial charge in [-0.1, -0.05) is 38.1 Å². The highest BCUT2D eigenvalue weighted by molar-refractivity contribution is 7.12. The third kappa shape index (κ3) is 1.65. The van der Waals surface area contributed by atoms with Crippen molar-refractivity contribution in [3.05, 3.63) is 39.7 Å². The van der Waals surface area contributed by atoms with Gasteiger partial charge >= 0.3 is 0 Å². The minimum atomic E-state index is 0.153. The summed E-state index contributed by atoms with van der Waals surface area (Å²) in [5, 5.41) is 9.74. The Bertz CT molecular complexity index is 647. The van der Waals surface area contributed by atoms with Crippen molar-refractivity contribution in [2.45, 2.75) is 32.1 Å². The molecule has 0 bridgehead atoms. The number of aromatic nitrogens is 1. The van der Waals surface area contributed by atoms with Crippen LogP contribution in [0.1, 0.15) is 29.3 Å². The summed E-state index contributed by atoms with van der Waals surface area (Å²) in [6.45, 7) is 4.55. The number of fused-ring (bicyclic) bond motifs is 3. The molecule has 2 aromatic rings. The van der Waals surface area contributed by atoms with E-state index >= 15 is 0 Å². The van der Waals surface area contributed by atoms with Crippen LogP contribution in [0.3, 0.4) is 0 Å². The van der Waals surface area contributed by atoms with Crippen LogP contribution in [0.2, 0.25) is 0 Å². The maximum atomic E-state index is 8.80. The van der Waals surface area contributed by atoms with Crippen molar-refractivity contribution < 1.29 is 0 Å². The van der Waals surface area contributed by atoms with Crippen LogP contribution in [0.5, 0.6) is 0 Å². The van der Waals surface area contributed by atoms with Gasteiger partial charge in [0.15, 0.2) is 0 Å². The number of nitriles is 1. The summed E-state index contributed by atoms with van der Waals surface area (Å²) in [6.07, 6.45) is 1.43. The molecule has 0 N–H and O–H groups in total. The van der Waals surface area contributed by atoms with E-state index in [1.807, 2.05) is 0 Å². The zero-order chi connectivity index (χ0) is 12.8. The molecule has 0 amide bonds. The number of thiazole rings is 1. The summed E-state index contributed by atoms with van der Waals surface area (Å²) in [6, 6.07) is 10.7. The first kappa shape index (κ1) is 11.4. The Morgan fingerprint density at radius 2 is 2.17 bits per heavy atom. The Balaban J connectivity index is 2.21. The SMILES string of the molecule is CC1(C)Cc2sc(CC#N)nc2-c2ccccc21. The van der Waals surface area contributed by atoms with E-state index in [2.05, 4.69) is 49.2 Å². The summed E-state index contributed by atoms with van der Waals surface area (Å²) < 4.78 is 0. The molecule has 0 fully saturated rings. The van der Waals surface area contributed by atoms with Crippen LogP contribution >= 0.6 is 11.3 Å². The third-order valence-corrected chi connectivity index (χ3v) is 4.54. The lowest BCUT2D eigenvalue weighted by Crippen LogP contribution is -2.24. The Hall–Kier alpha value is -1.66. The maximum absolute atomic E-state index is 8.80. The van der Waals surface area contributed by atoms with Crippen molar-refractivity contribution in [3.8, 4) is 17.3 Å². The summed E-state index contributed by atoms with van der Waals surface area (Å²) in [5.41, 5.74) is 3.86. The van der Waals surface area contributed by atoms with E-state index < -0.39 is 0 Å². The van der Waals surface area contributed by atoms with Crippen molar-refractivity contribution >= 4 is 11.3 Å². The van der Waals surface area contributed by atoms with Crippen molar-refractivity contribution in [1.82, 2.24) is 4.98 Å². The molecule has 0 radical (unpaired) electrons. The Morgan fingerprint density at radius 1 is 1.39 bits per heavy atom. The zero-order valence-corrected chi connectivity index (χ0v) is 11.3. The number of benzene rings is 1. The van der Waals surface area contributed by atoms with Gasteiger partial charge in [-0.3, -0.25) is 0 Å². The van der Waals surface area contributed by atoms with Gasteiger partial charge in [-0.25, -0.2) is 4.98 Å². The number of rotatable bonds is 1. The van der Waals surface area contributed by atoms with Gasteiger partial charge in [0.1, 0.15) is 5.01 Å². The summed E-state index contributed by atoms with van der Waals surface area (Å²) >= 11 is 1.69. The van der Waals surface area contributed by atoms with E-state index in [0.717, 1.165) is 17.1 Å². The fourth-order valence-electron chi connectivity index (χ4n) is 2.65. The van der Waals surface area contributed by atoms with Crippen LogP contribution in [0.25, 0.3) is 11.3 Å². The first-order valence-corrected chi connectivity index (χ1v) is 6.89. The van der Waals surface area contributed by atoms with Gasteiger partial charge < -0.3 is 0 Å². The van der Waals surface area contributed by atoms with Gasteiger partial charge in [-0.2, -0.15) is 5.26 Å². The summed E-state index contributed by atoms with van der Waals surface area (Å²) in [5.74, 6) is 0. The lowest BCUT2D eigenvalue weighted by Gasteiger charge is -2.31. The summed E-state index contributed by atoms with van der Waals surface area (Å²) in [4.78, 5) is 5.97. The minimum absolute atomic E-state index is 0.153. The predicted octanol–water partition coefficient (Wildman–Crippen LogP) is 3.71. The van der Waals surface area contributed by atoms with Crippen LogP contribution in [0, 0.1) is 11.3 Å². The molecule has 0 saturated heterocycles. The fourth-order valence-corrected chi connectivity index (χ4v) is 3.89. The molecule has 0 saturated carbocycles. The largest absolute Gasteiger partial charge is 0.240 e. The molecule has 2 nitrogen and oxygen atoms in total. The standard InChI is InChI=1S/C15H14N2S/c1-15(2)9-12-14(17-13(18-12)7-8-16)10-5-3-4-6-11(10)15/h3-6H,7,9H2,1-2H3. The van der Waals surface area contributed by atoms with Gasteiger partial charge in [0.05, 0.1) is 18.2 Å². The molecule has 3 heteroatoms. The minimum Gasteiger partial charge on any atom is -0.240 e. The first-order valence-electron chi connectivity index (χ1n) is 6.07. The molecule has 18 heavy (non-hydrogen) atoms. The van der Waals surface area contributed by atoms with Crippen molar-refractivity contribution in [2.24, 2.45) is 0 Å². The third-order valence-electron chi connectivity index (χ3n) is 3.49.